The molecule has 1 unspecified atom stereocenters. The predicted molar refractivity (Wildman–Crippen MR) is 114 cm³/mol. The summed E-state index contributed by atoms with van der Waals surface area (Å²) in [4.78, 5) is 12.1. The van der Waals surface area contributed by atoms with Crippen LogP contribution in [0.25, 0.3) is 11.9 Å². The van der Waals surface area contributed by atoms with Crippen LogP contribution < -0.4 is 5.73 Å². The van der Waals surface area contributed by atoms with E-state index in [0.717, 1.165) is 22.8 Å². The van der Waals surface area contributed by atoms with E-state index >= 15 is 0 Å². The van der Waals surface area contributed by atoms with E-state index in [0.29, 0.717) is 18.4 Å². The van der Waals surface area contributed by atoms with Gasteiger partial charge in [0.25, 0.3) is 0 Å². The smallest absolute Gasteiger partial charge is 0.210 e. The van der Waals surface area contributed by atoms with Gasteiger partial charge in [0, 0.05) is 12.6 Å². The maximum Gasteiger partial charge on any atom is 0.210 e. The molecule has 2 aromatic rings. The van der Waals surface area contributed by atoms with Crippen LogP contribution in [0.15, 0.2) is 35.6 Å². The second kappa shape index (κ2) is 6.98. The molecule has 1 aromatic heterocycles. The highest BCUT2D eigenvalue weighted by molar-refractivity contribution is 8.24. The molecule has 1 saturated carbocycles. The Kier molecular flexibility index (Phi) is 4.77. The van der Waals surface area contributed by atoms with Gasteiger partial charge in [-0.2, -0.15) is 5.26 Å². The molecule has 0 radical (unpaired) electrons. The van der Waals surface area contributed by atoms with Crippen LogP contribution in [-0.2, 0) is 5.54 Å². The number of nitriles is 1. The monoisotopic (exact) mass is 446 g/mol. The molecule has 1 spiro atoms. The predicted octanol–water partition coefficient (Wildman–Crippen LogP) is 3.63. The first-order valence-electron chi connectivity index (χ1n) is 9.32. The van der Waals surface area contributed by atoms with E-state index in [2.05, 4.69) is 15.0 Å². The van der Waals surface area contributed by atoms with Crippen molar-refractivity contribution < 1.29 is 17.9 Å². The first-order valence-corrected chi connectivity index (χ1v) is 10.8. The van der Waals surface area contributed by atoms with Gasteiger partial charge in [-0.25, -0.2) is 28.0 Å². The Morgan fingerprint density at radius 3 is 2.61 bits per heavy atom. The SMILES string of the molecule is CN1C(N)=NC(C)(c2cc(C=C(F)c3cnc(C#N)cn3)ccc2F)C2(CC2)S1(O)O. The molecule has 0 saturated heterocycles. The minimum atomic E-state index is -3.36. The molecule has 1 aliphatic carbocycles. The molecule has 2 aliphatic rings. The summed E-state index contributed by atoms with van der Waals surface area (Å²) in [6.07, 6.45) is 4.30. The van der Waals surface area contributed by atoms with Crippen molar-refractivity contribution in [1.29, 1.82) is 5.26 Å². The van der Waals surface area contributed by atoms with Gasteiger partial charge in [-0.15, -0.1) is 10.8 Å². The van der Waals surface area contributed by atoms with Crippen molar-refractivity contribution in [3.05, 3.63) is 58.9 Å². The molecule has 1 atom stereocenters. The fourth-order valence-electron chi connectivity index (χ4n) is 3.98. The van der Waals surface area contributed by atoms with Crippen LogP contribution in [0.3, 0.4) is 0 Å². The molecular weight excluding hydrogens is 426 g/mol. The third-order valence-corrected chi connectivity index (χ3v) is 8.78. The quantitative estimate of drug-likeness (QED) is 0.656. The van der Waals surface area contributed by atoms with E-state index in [1.165, 1.54) is 25.2 Å². The van der Waals surface area contributed by atoms with Crippen molar-refractivity contribution in [2.45, 2.75) is 30.1 Å². The fourth-order valence-corrected chi connectivity index (χ4v) is 6.14. The van der Waals surface area contributed by atoms with E-state index in [1.807, 2.05) is 0 Å². The van der Waals surface area contributed by atoms with Crippen molar-refractivity contribution in [2.75, 3.05) is 7.05 Å². The number of rotatable bonds is 3. The molecule has 162 valence electrons. The zero-order valence-electron chi connectivity index (χ0n) is 16.8. The third kappa shape index (κ3) is 3.06. The van der Waals surface area contributed by atoms with Crippen LogP contribution in [-0.4, -0.2) is 41.1 Å². The Labute approximate surface area is 179 Å². The second-order valence-electron chi connectivity index (χ2n) is 7.68. The van der Waals surface area contributed by atoms with Crippen LogP contribution in [0.1, 0.15) is 42.3 Å². The van der Waals surface area contributed by atoms with Gasteiger partial charge in [-0.3, -0.25) is 9.11 Å². The molecule has 0 amide bonds. The maximum absolute atomic E-state index is 14.9. The summed E-state index contributed by atoms with van der Waals surface area (Å²) >= 11 is 0. The van der Waals surface area contributed by atoms with Gasteiger partial charge in [-0.05, 0) is 43.5 Å². The number of hydrogen-bond donors (Lipinski definition) is 3. The Bertz CT molecular complexity index is 1160. The van der Waals surface area contributed by atoms with Crippen molar-refractivity contribution in [1.82, 2.24) is 14.3 Å². The van der Waals surface area contributed by atoms with E-state index < -0.39 is 32.7 Å². The number of aliphatic imine (C=N–C) groups is 1. The highest BCUT2D eigenvalue weighted by Crippen LogP contribution is 2.76. The average molecular weight is 446 g/mol. The van der Waals surface area contributed by atoms with Crippen molar-refractivity contribution in [3.63, 3.8) is 0 Å². The lowest BCUT2D eigenvalue weighted by Gasteiger charge is -2.56. The van der Waals surface area contributed by atoms with E-state index in [4.69, 9.17) is 11.0 Å². The number of guanidine groups is 1. The molecule has 1 aliphatic heterocycles. The van der Waals surface area contributed by atoms with Gasteiger partial charge in [0.2, 0.25) is 5.96 Å². The maximum atomic E-state index is 14.9. The Morgan fingerprint density at radius 1 is 1.32 bits per heavy atom. The van der Waals surface area contributed by atoms with E-state index in [-0.39, 0.29) is 22.9 Å². The summed E-state index contributed by atoms with van der Waals surface area (Å²) in [5.41, 5.74) is 4.97. The standard InChI is InChI=1S/C20H20F2N6O2S/c1-19(20(5-6-20)31(29,30)28(2)18(24)27-19)14-7-12(3-4-15(14)21)8-16(22)17-11-25-13(9-23)10-26-17/h3-4,7-8,10-11,29-30H,5-6H2,1-2H3,(H2,24,27). The lowest BCUT2D eigenvalue weighted by atomic mass is 9.85. The fraction of sp³-hybridized carbons (Fsp3) is 0.300. The van der Waals surface area contributed by atoms with Gasteiger partial charge in [-0.1, -0.05) is 6.07 Å². The van der Waals surface area contributed by atoms with Gasteiger partial charge in [0.15, 0.2) is 11.5 Å². The lowest BCUT2D eigenvalue weighted by molar-refractivity contribution is 0.331. The summed E-state index contributed by atoms with van der Waals surface area (Å²) in [6.45, 7) is 1.61. The molecule has 11 heteroatoms. The summed E-state index contributed by atoms with van der Waals surface area (Å²) < 4.78 is 51.4. The Hall–Kier alpha value is -3.07. The topological polar surface area (TPSA) is 132 Å². The second-order valence-corrected chi connectivity index (χ2v) is 10.0. The van der Waals surface area contributed by atoms with Crippen molar-refractivity contribution >= 4 is 28.6 Å². The summed E-state index contributed by atoms with van der Waals surface area (Å²) in [5, 5.41) is 8.77. The van der Waals surface area contributed by atoms with Crippen LogP contribution in [0.4, 0.5) is 8.78 Å². The summed E-state index contributed by atoms with van der Waals surface area (Å²) in [6, 6.07) is 5.79. The zero-order chi connectivity index (χ0) is 22.6. The highest BCUT2D eigenvalue weighted by Gasteiger charge is 2.70. The number of aromatic nitrogens is 2. The molecule has 4 rings (SSSR count). The Balaban J connectivity index is 1.79. The molecule has 1 fully saturated rings. The van der Waals surface area contributed by atoms with Crippen molar-refractivity contribution in [2.24, 2.45) is 10.7 Å². The average Bonchev–Trinajstić information content (AvgIpc) is 3.56. The van der Waals surface area contributed by atoms with Gasteiger partial charge < -0.3 is 5.73 Å². The van der Waals surface area contributed by atoms with E-state index in [1.54, 1.807) is 13.0 Å². The zero-order valence-corrected chi connectivity index (χ0v) is 17.6. The van der Waals surface area contributed by atoms with E-state index in [9.17, 15) is 17.9 Å². The van der Waals surface area contributed by atoms with Crippen LogP contribution in [0.2, 0.25) is 0 Å². The molecule has 2 heterocycles. The minimum Gasteiger partial charge on any atom is -0.369 e. The molecule has 1 aromatic carbocycles. The highest BCUT2D eigenvalue weighted by atomic mass is 32.3. The first-order chi connectivity index (χ1) is 14.6. The number of nitrogens with zero attached hydrogens (tertiary/aromatic N) is 5. The van der Waals surface area contributed by atoms with Crippen LogP contribution in [0.5, 0.6) is 0 Å². The number of nitrogens with two attached hydrogens (primary N) is 1. The molecular formula is C20H20F2N6O2S. The largest absolute Gasteiger partial charge is 0.369 e. The van der Waals surface area contributed by atoms with Crippen molar-refractivity contribution in [3.8, 4) is 6.07 Å². The first kappa shape index (κ1) is 21.2. The van der Waals surface area contributed by atoms with Crippen LogP contribution in [0, 0.1) is 17.1 Å². The van der Waals surface area contributed by atoms with Gasteiger partial charge >= 0.3 is 0 Å². The summed E-state index contributed by atoms with van der Waals surface area (Å²) in [5.74, 6) is -1.45. The van der Waals surface area contributed by atoms with Gasteiger partial charge in [0.1, 0.15) is 27.9 Å². The van der Waals surface area contributed by atoms with Gasteiger partial charge in [0.05, 0.1) is 12.4 Å². The lowest BCUT2D eigenvalue weighted by Crippen LogP contribution is -2.55. The Morgan fingerprint density at radius 2 is 2.03 bits per heavy atom. The number of benzene rings is 1. The minimum absolute atomic E-state index is 0.0555. The molecule has 31 heavy (non-hydrogen) atoms. The number of hydrogen-bond acceptors (Lipinski definition) is 8. The van der Waals surface area contributed by atoms with Crippen LogP contribution >= 0.6 is 10.8 Å². The molecule has 4 N–H and O–H groups in total. The number of halogens is 2. The third-order valence-electron chi connectivity index (χ3n) is 5.98. The summed E-state index contributed by atoms with van der Waals surface area (Å²) in [7, 11) is -1.92. The molecule has 0 bridgehead atoms. The normalized spacial score (nSPS) is 25.0. The molecule has 8 nitrogen and oxygen atoms in total.